The van der Waals surface area contributed by atoms with Crippen molar-refractivity contribution in [2.45, 2.75) is 32.2 Å². The van der Waals surface area contributed by atoms with Gasteiger partial charge in [0.1, 0.15) is 0 Å². The van der Waals surface area contributed by atoms with Gasteiger partial charge in [-0.3, -0.25) is 0 Å². The standard InChI is InChI=1S/C16H19N3O2/c1-10-15-13(17)7-4-8-14(15)19(18-10)12-6-3-5-11(9-12)16(20)21-2/h3,5-6,9,13H,4,7-8,17H2,1-2H3. The Kier molecular flexibility index (Phi) is 3.51. The van der Waals surface area contributed by atoms with E-state index in [1.165, 1.54) is 7.11 Å². The lowest BCUT2D eigenvalue weighted by molar-refractivity contribution is 0.0600. The molecule has 5 nitrogen and oxygen atoms in total. The number of aromatic nitrogens is 2. The maximum absolute atomic E-state index is 11.7. The zero-order valence-electron chi connectivity index (χ0n) is 12.3. The molecule has 1 aliphatic carbocycles. The van der Waals surface area contributed by atoms with Crippen LogP contribution in [-0.2, 0) is 11.2 Å². The fraction of sp³-hybridized carbons (Fsp3) is 0.375. The van der Waals surface area contributed by atoms with Gasteiger partial charge in [-0.2, -0.15) is 5.10 Å². The van der Waals surface area contributed by atoms with Gasteiger partial charge in [-0.1, -0.05) is 6.07 Å². The maximum Gasteiger partial charge on any atom is 0.337 e. The second kappa shape index (κ2) is 5.33. The third kappa shape index (κ3) is 2.34. The summed E-state index contributed by atoms with van der Waals surface area (Å²) in [6, 6.07) is 7.39. The molecule has 0 bridgehead atoms. The third-order valence-corrected chi connectivity index (χ3v) is 4.02. The van der Waals surface area contributed by atoms with Crippen LogP contribution in [0.1, 0.15) is 46.2 Å². The number of rotatable bonds is 2. The van der Waals surface area contributed by atoms with Crippen molar-refractivity contribution in [2.75, 3.05) is 7.11 Å². The van der Waals surface area contributed by atoms with E-state index in [1.54, 1.807) is 12.1 Å². The molecule has 0 saturated heterocycles. The fourth-order valence-electron chi connectivity index (χ4n) is 3.04. The van der Waals surface area contributed by atoms with E-state index in [1.807, 2.05) is 23.7 Å². The maximum atomic E-state index is 11.7. The normalized spacial score (nSPS) is 17.4. The van der Waals surface area contributed by atoms with Crippen molar-refractivity contribution < 1.29 is 9.53 Å². The first-order valence-corrected chi connectivity index (χ1v) is 7.14. The summed E-state index contributed by atoms with van der Waals surface area (Å²) in [7, 11) is 1.38. The van der Waals surface area contributed by atoms with Gasteiger partial charge in [-0.15, -0.1) is 0 Å². The molecule has 1 atom stereocenters. The van der Waals surface area contributed by atoms with E-state index in [4.69, 9.17) is 10.5 Å². The average molecular weight is 285 g/mol. The van der Waals surface area contributed by atoms with Gasteiger partial charge < -0.3 is 10.5 Å². The molecule has 5 heteroatoms. The SMILES string of the molecule is COC(=O)c1cccc(-n2nc(C)c3c2CCCC3N)c1. The molecule has 110 valence electrons. The molecular formula is C16H19N3O2. The van der Waals surface area contributed by atoms with Crippen molar-refractivity contribution in [1.82, 2.24) is 9.78 Å². The van der Waals surface area contributed by atoms with E-state index in [0.29, 0.717) is 5.56 Å². The van der Waals surface area contributed by atoms with Crippen molar-refractivity contribution in [1.29, 1.82) is 0 Å². The Labute approximate surface area is 123 Å². The Morgan fingerprint density at radius 2 is 2.29 bits per heavy atom. The van der Waals surface area contributed by atoms with Crippen LogP contribution in [0, 0.1) is 6.92 Å². The molecule has 2 N–H and O–H groups in total. The van der Waals surface area contributed by atoms with Crippen LogP contribution in [0.2, 0.25) is 0 Å². The Bertz CT molecular complexity index is 691. The number of carbonyl (C=O) groups excluding carboxylic acids is 1. The highest BCUT2D eigenvalue weighted by molar-refractivity contribution is 5.89. The monoisotopic (exact) mass is 285 g/mol. The molecule has 0 saturated carbocycles. The van der Waals surface area contributed by atoms with Crippen LogP contribution in [0.4, 0.5) is 0 Å². The van der Waals surface area contributed by atoms with Crippen LogP contribution in [0.25, 0.3) is 5.69 Å². The largest absolute Gasteiger partial charge is 0.465 e. The summed E-state index contributed by atoms with van der Waals surface area (Å²) >= 11 is 0. The zero-order chi connectivity index (χ0) is 15.0. The molecule has 3 rings (SSSR count). The Balaban J connectivity index is 2.09. The molecule has 21 heavy (non-hydrogen) atoms. The van der Waals surface area contributed by atoms with E-state index >= 15 is 0 Å². The van der Waals surface area contributed by atoms with Gasteiger partial charge in [-0.05, 0) is 44.4 Å². The molecule has 1 aliphatic rings. The Hall–Kier alpha value is -2.14. The number of benzene rings is 1. The van der Waals surface area contributed by atoms with Gasteiger partial charge in [0, 0.05) is 17.3 Å². The predicted molar refractivity (Wildman–Crippen MR) is 79.5 cm³/mol. The first-order valence-electron chi connectivity index (χ1n) is 7.14. The van der Waals surface area contributed by atoms with Gasteiger partial charge in [0.2, 0.25) is 0 Å². The van der Waals surface area contributed by atoms with Crippen LogP contribution < -0.4 is 5.73 Å². The smallest absolute Gasteiger partial charge is 0.337 e. The summed E-state index contributed by atoms with van der Waals surface area (Å²) in [4.78, 5) is 11.7. The van der Waals surface area contributed by atoms with Gasteiger partial charge in [0.05, 0.1) is 24.1 Å². The molecule has 1 heterocycles. The molecule has 1 aromatic carbocycles. The third-order valence-electron chi connectivity index (χ3n) is 4.02. The number of aryl methyl sites for hydroxylation is 1. The number of nitrogens with two attached hydrogens (primary N) is 1. The second-order valence-electron chi connectivity index (χ2n) is 5.40. The number of hydrogen-bond donors (Lipinski definition) is 1. The minimum absolute atomic E-state index is 0.0614. The lowest BCUT2D eigenvalue weighted by Gasteiger charge is -2.20. The number of methoxy groups -OCH3 is 1. The van der Waals surface area contributed by atoms with E-state index < -0.39 is 0 Å². The highest BCUT2D eigenvalue weighted by Crippen LogP contribution is 2.32. The molecule has 1 unspecified atom stereocenters. The molecule has 0 fully saturated rings. The summed E-state index contributed by atoms with van der Waals surface area (Å²) in [6.45, 7) is 1.99. The molecule has 1 aromatic heterocycles. The summed E-state index contributed by atoms with van der Waals surface area (Å²) in [5.41, 5.74) is 10.9. The van der Waals surface area contributed by atoms with Gasteiger partial charge >= 0.3 is 5.97 Å². The fourth-order valence-corrected chi connectivity index (χ4v) is 3.04. The van der Waals surface area contributed by atoms with Crippen LogP contribution in [-0.4, -0.2) is 22.9 Å². The van der Waals surface area contributed by atoms with Crippen LogP contribution in [0.5, 0.6) is 0 Å². The number of hydrogen-bond acceptors (Lipinski definition) is 4. The molecule has 0 spiro atoms. The second-order valence-corrected chi connectivity index (χ2v) is 5.40. The molecular weight excluding hydrogens is 266 g/mol. The molecule has 0 amide bonds. The Morgan fingerprint density at radius 3 is 3.05 bits per heavy atom. The molecule has 0 aliphatic heterocycles. The summed E-state index contributed by atoms with van der Waals surface area (Å²) < 4.78 is 6.69. The van der Waals surface area contributed by atoms with Crippen molar-refractivity contribution >= 4 is 5.97 Å². The summed E-state index contributed by atoms with van der Waals surface area (Å²) in [5, 5.41) is 4.62. The minimum Gasteiger partial charge on any atom is -0.465 e. The van der Waals surface area contributed by atoms with Gasteiger partial charge in [-0.25, -0.2) is 9.48 Å². The lowest BCUT2D eigenvalue weighted by atomic mass is 9.91. The molecule has 2 aromatic rings. The number of carbonyl (C=O) groups is 1. The first kappa shape index (κ1) is 13.8. The van der Waals surface area contributed by atoms with Crippen molar-refractivity contribution in [2.24, 2.45) is 5.73 Å². The minimum atomic E-state index is -0.341. The first-order chi connectivity index (χ1) is 10.1. The van der Waals surface area contributed by atoms with Crippen LogP contribution in [0.3, 0.4) is 0 Å². The predicted octanol–water partition coefficient (Wildman–Crippen LogP) is 2.30. The highest BCUT2D eigenvalue weighted by Gasteiger charge is 2.25. The van der Waals surface area contributed by atoms with Gasteiger partial charge in [0.15, 0.2) is 0 Å². The van der Waals surface area contributed by atoms with Crippen molar-refractivity contribution in [3.63, 3.8) is 0 Å². The lowest BCUT2D eigenvalue weighted by Crippen LogP contribution is -2.18. The quantitative estimate of drug-likeness (QED) is 0.860. The average Bonchev–Trinajstić information content (AvgIpc) is 2.85. The number of nitrogens with zero attached hydrogens (tertiary/aromatic N) is 2. The van der Waals surface area contributed by atoms with E-state index in [-0.39, 0.29) is 12.0 Å². The number of fused-ring (bicyclic) bond motifs is 1. The number of ether oxygens (including phenoxy) is 1. The zero-order valence-corrected chi connectivity index (χ0v) is 12.3. The summed E-state index contributed by atoms with van der Waals surface area (Å²) in [5.74, 6) is -0.341. The van der Waals surface area contributed by atoms with E-state index in [2.05, 4.69) is 5.10 Å². The Morgan fingerprint density at radius 1 is 1.48 bits per heavy atom. The number of esters is 1. The van der Waals surface area contributed by atoms with Crippen molar-refractivity contribution in [3.8, 4) is 5.69 Å². The van der Waals surface area contributed by atoms with E-state index in [9.17, 15) is 4.79 Å². The highest BCUT2D eigenvalue weighted by atomic mass is 16.5. The van der Waals surface area contributed by atoms with Crippen molar-refractivity contribution in [3.05, 3.63) is 46.8 Å². The summed E-state index contributed by atoms with van der Waals surface area (Å²) in [6.07, 6.45) is 3.03. The van der Waals surface area contributed by atoms with Crippen LogP contribution in [0.15, 0.2) is 24.3 Å². The van der Waals surface area contributed by atoms with Crippen LogP contribution >= 0.6 is 0 Å². The topological polar surface area (TPSA) is 70.1 Å². The van der Waals surface area contributed by atoms with Gasteiger partial charge in [0.25, 0.3) is 0 Å². The van der Waals surface area contributed by atoms with E-state index in [0.717, 1.165) is 41.9 Å². The molecule has 0 radical (unpaired) electrons.